The van der Waals surface area contributed by atoms with Crippen molar-refractivity contribution in [1.82, 2.24) is 13.8 Å². The highest BCUT2D eigenvalue weighted by atomic mass is 15.2. The molecule has 12 rings (SSSR count). The molecular weight excluding hydrogens is 741 g/mol. The number of benzene rings is 7. The van der Waals surface area contributed by atoms with Crippen LogP contribution in [0.4, 0.5) is 17.1 Å². The molecule has 0 unspecified atom stereocenters. The molecule has 0 fully saturated rings. The molecule has 7 aromatic carbocycles. The van der Waals surface area contributed by atoms with E-state index in [0.29, 0.717) is 0 Å². The lowest BCUT2D eigenvalue weighted by atomic mass is 9.84. The molecule has 0 aliphatic heterocycles. The van der Waals surface area contributed by atoms with Crippen molar-refractivity contribution in [3.05, 3.63) is 156 Å². The zero-order valence-corrected chi connectivity index (χ0v) is 36.6. The quantitative estimate of drug-likeness (QED) is 0.178. The molecule has 0 atom stereocenters. The number of nitrogens with zero attached hydrogens (tertiary/aromatic N) is 4. The van der Waals surface area contributed by atoms with Crippen LogP contribution in [0.2, 0.25) is 0 Å². The van der Waals surface area contributed by atoms with Crippen LogP contribution in [0, 0.1) is 0 Å². The summed E-state index contributed by atoms with van der Waals surface area (Å²) in [4.78, 5) is 8.38. The molecule has 0 amide bonds. The van der Waals surface area contributed by atoms with Gasteiger partial charge < -0.3 is 9.30 Å². The third kappa shape index (κ3) is 5.02. The number of hydrogen-bond acceptors (Lipinski definition) is 2. The van der Waals surface area contributed by atoms with Gasteiger partial charge in [0, 0.05) is 49.1 Å². The van der Waals surface area contributed by atoms with E-state index in [1.165, 1.54) is 87.2 Å². The minimum atomic E-state index is -0.0990. The fourth-order valence-electron chi connectivity index (χ4n) is 10.3. The Morgan fingerprint density at radius 2 is 0.984 bits per heavy atom. The van der Waals surface area contributed by atoms with Gasteiger partial charge in [0.05, 0.1) is 38.8 Å². The number of hydrogen-bond donors (Lipinski definition) is 0. The summed E-state index contributed by atoms with van der Waals surface area (Å²) in [6, 6.07) is 52.5. The Balaban J connectivity index is 1.32. The SMILES string of the molecule is CC(C)(C)c1ccc2c(c1)c1cc(C(C)(C)C)cc3c4nc5c(cc4n2c13)c1cc2ccccc2c2c3cc(C(C)(C)C)cc(N(c4ccccc4)c4ccccc4)c3n5c12. The molecule has 12 aromatic rings. The molecule has 0 N–H and O–H groups in total. The van der Waals surface area contributed by atoms with E-state index in [9.17, 15) is 0 Å². The Hall–Kier alpha value is -6.65. The summed E-state index contributed by atoms with van der Waals surface area (Å²) in [5.41, 5.74) is 15.4. The number of aromatic nitrogens is 3. The Labute approximate surface area is 356 Å². The monoisotopic (exact) mass is 790 g/mol. The van der Waals surface area contributed by atoms with Crippen LogP contribution >= 0.6 is 0 Å². The molecule has 5 heterocycles. The second kappa shape index (κ2) is 12.0. The zero-order chi connectivity index (χ0) is 41.9. The van der Waals surface area contributed by atoms with E-state index in [1.54, 1.807) is 0 Å². The van der Waals surface area contributed by atoms with E-state index in [4.69, 9.17) is 4.98 Å². The highest BCUT2D eigenvalue weighted by molar-refractivity contribution is 6.33. The molecule has 0 saturated heterocycles. The molecule has 0 radical (unpaired) electrons. The summed E-state index contributed by atoms with van der Waals surface area (Å²) in [6.07, 6.45) is 0. The van der Waals surface area contributed by atoms with Crippen LogP contribution in [0.5, 0.6) is 0 Å². The fraction of sp³-hybridized carbons (Fsp3) is 0.211. The first-order valence-electron chi connectivity index (χ1n) is 21.8. The third-order valence-corrected chi connectivity index (χ3v) is 13.5. The molecular formula is C57H50N4. The number of rotatable bonds is 3. The van der Waals surface area contributed by atoms with Crippen molar-refractivity contribution in [3.8, 4) is 0 Å². The average Bonchev–Trinajstić information content (AvgIpc) is 3.95. The van der Waals surface area contributed by atoms with E-state index in [0.717, 1.165) is 33.7 Å². The van der Waals surface area contributed by atoms with Gasteiger partial charge in [0.15, 0.2) is 0 Å². The Bertz CT molecular complexity index is 3690. The second-order valence-corrected chi connectivity index (χ2v) is 20.6. The van der Waals surface area contributed by atoms with Crippen molar-refractivity contribution >= 4 is 104 Å². The van der Waals surface area contributed by atoms with Gasteiger partial charge in [-0.1, -0.05) is 129 Å². The highest BCUT2D eigenvalue weighted by Gasteiger charge is 2.30. The standard InChI is InChI=1S/C57H50N4/c1-55(2,3)34-24-25-46-40(27-34)42-28-35(56(4,5)6)30-45-50-47(60(46)51(42)45)32-43-41-26-33-18-16-17-23-39(33)49-44-29-36(57(7,8)9)31-48(52(44)61(53(41)49)54(43)58-50)59(37-19-12-10-13-20-37)38-21-14-11-15-22-38/h10-32H,1-9H3. The average molecular weight is 791 g/mol. The van der Waals surface area contributed by atoms with E-state index in [2.05, 4.69) is 216 Å². The van der Waals surface area contributed by atoms with E-state index in [-0.39, 0.29) is 16.2 Å². The molecule has 5 aromatic heterocycles. The lowest BCUT2D eigenvalue weighted by Gasteiger charge is -2.29. The van der Waals surface area contributed by atoms with Crippen molar-refractivity contribution in [1.29, 1.82) is 0 Å². The van der Waals surface area contributed by atoms with Crippen LogP contribution in [-0.2, 0) is 16.2 Å². The molecule has 4 heteroatoms. The summed E-state index contributed by atoms with van der Waals surface area (Å²) in [5, 5.41) is 11.3. The van der Waals surface area contributed by atoms with Gasteiger partial charge in [-0.05, 0) is 117 Å². The number of fused-ring (bicyclic) bond motifs is 14. The van der Waals surface area contributed by atoms with Crippen LogP contribution in [0.25, 0.3) is 87.2 Å². The van der Waals surface area contributed by atoms with E-state index >= 15 is 0 Å². The maximum Gasteiger partial charge on any atom is 0.146 e. The number of anilines is 3. The molecule has 0 aliphatic rings. The Kier molecular flexibility index (Phi) is 7.13. The highest BCUT2D eigenvalue weighted by Crippen LogP contribution is 2.51. The van der Waals surface area contributed by atoms with Crippen LogP contribution in [0.3, 0.4) is 0 Å². The molecule has 0 aliphatic carbocycles. The second-order valence-electron chi connectivity index (χ2n) is 20.6. The van der Waals surface area contributed by atoms with Gasteiger partial charge in [0.2, 0.25) is 0 Å². The lowest BCUT2D eigenvalue weighted by Crippen LogP contribution is -2.15. The Morgan fingerprint density at radius 1 is 0.410 bits per heavy atom. The molecule has 0 bridgehead atoms. The minimum absolute atomic E-state index is 0.0400. The largest absolute Gasteiger partial charge is 0.308 e. The maximum absolute atomic E-state index is 5.93. The predicted molar refractivity (Wildman–Crippen MR) is 262 cm³/mol. The van der Waals surface area contributed by atoms with Crippen molar-refractivity contribution in [3.63, 3.8) is 0 Å². The first-order valence-corrected chi connectivity index (χ1v) is 21.8. The van der Waals surface area contributed by atoms with Crippen molar-refractivity contribution in [2.45, 2.75) is 78.6 Å². The van der Waals surface area contributed by atoms with Gasteiger partial charge >= 0.3 is 0 Å². The number of pyridine rings is 1. The summed E-state index contributed by atoms with van der Waals surface area (Å²) >= 11 is 0. The molecule has 61 heavy (non-hydrogen) atoms. The van der Waals surface area contributed by atoms with Crippen LogP contribution < -0.4 is 4.90 Å². The topological polar surface area (TPSA) is 24.9 Å². The van der Waals surface area contributed by atoms with E-state index in [1.807, 2.05) is 0 Å². The first-order chi connectivity index (χ1) is 29.2. The normalized spacial score (nSPS) is 13.3. The van der Waals surface area contributed by atoms with Crippen LogP contribution in [0.15, 0.2) is 140 Å². The van der Waals surface area contributed by atoms with Crippen molar-refractivity contribution < 1.29 is 0 Å². The van der Waals surface area contributed by atoms with Gasteiger partial charge in [-0.2, -0.15) is 0 Å². The lowest BCUT2D eigenvalue weighted by molar-refractivity contribution is 0.590. The van der Waals surface area contributed by atoms with E-state index < -0.39 is 0 Å². The van der Waals surface area contributed by atoms with Crippen molar-refractivity contribution in [2.75, 3.05) is 4.90 Å². The molecule has 0 saturated carbocycles. The third-order valence-electron chi connectivity index (χ3n) is 13.5. The maximum atomic E-state index is 5.93. The van der Waals surface area contributed by atoms with Gasteiger partial charge in [-0.25, -0.2) is 4.98 Å². The Morgan fingerprint density at radius 3 is 1.66 bits per heavy atom. The summed E-state index contributed by atoms with van der Waals surface area (Å²) in [6.45, 7) is 20.9. The van der Waals surface area contributed by atoms with Gasteiger partial charge in [0.1, 0.15) is 5.65 Å². The molecule has 0 spiro atoms. The van der Waals surface area contributed by atoms with Gasteiger partial charge in [-0.15, -0.1) is 0 Å². The minimum Gasteiger partial charge on any atom is -0.308 e. The van der Waals surface area contributed by atoms with Gasteiger partial charge in [-0.3, -0.25) is 4.40 Å². The molecule has 4 nitrogen and oxygen atoms in total. The van der Waals surface area contributed by atoms with Crippen LogP contribution in [0.1, 0.15) is 79.0 Å². The number of para-hydroxylation sites is 2. The van der Waals surface area contributed by atoms with Crippen molar-refractivity contribution in [2.24, 2.45) is 0 Å². The smallest absolute Gasteiger partial charge is 0.146 e. The summed E-state index contributed by atoms with van der Waals surface area (Å²) < 4.78 is 5.04. The molecule has 298 valence electrons. The fourth-order valence-corrected chi connectivity index (χ4v) is 10.3. The summed E-state index contributed by atoms with van der Waals surface area (Å²) in [7, 11) is 0. The first kappa shape index (κ1) is 36.2. The van der Waals surface area contributed by atoms with Crippen LogP contribution in [-0.4, -0.2) is 13.8 Å². The predicted octanol–water partition coefficient (Wildman–Crippen LogP) is 15.9. The van der Waals surface area contributed by atoms with Gasteiger partial charge in [0.25, 0.3) is 0 Å². The zero-order valence-electron chi connectivity index (χ0n) is 36.6. The summed E-state index contributed by atoms with van der Waals surface area (Å²) in [5.74, 6) is 0.